The van der Waals surface area contributed by atoms with Gasteiger partial charge in [-0.2, -0.15) is 0 Å². The number of hydrogen-bond donors (Lipinski definition) is 3. The minimum atomic E-state index is -2.44. The van der Waals surface area contributed by atoms with Crippen molar-refractivity contribution in [1.29, 1.82) is 0 Å². The molecule has 1 rings (SSSR count). The van der Waals surface area contributed by atoms with Crippen LogP contribution in [0.5, 0.6) is 0 Å². The quantitative estimate of drug-likeness (QED) is 0.375. The number of rotatable bonds is 7. The molecule has 17 heavy (non-hydrogen) atoms. The van der Waals surface area contributed by atoms with Crippen molar-refractivity contribution in [3.8, 4) is 0 Å². The van der Waals surface area contributed by atoms with Gasteiger partial charge in [0.1, 0.15) is 24.1 Å². The van der Waals surface area contributed by atoms with Crippen LogP contribution in [0.1, 0.15) is 5.82 Å². The van der Waals surface area contributed by atoms with Gasteiger partial charge < -0.3 is 15.5 Å². The second kappa shape index (κ2) is 6.92. The zero-order chi connectivity index (χ0) is 12.7. The molecule has 1 aromatic heterocycles. The van der Waals surface area contributed by atoms with Gasteiger partial charge in [0.15, 0.2) is 0 Å². The van der Waals surface area contributed by atoms with Gasteiger partial charge in [0.25, 0.3) is 6.43 Å². The van der Waals surface area contributed by atoms with Gasteiger partial charge in [-0.15, -0.1) is 0 Å². The average molecular weight is 247 g/mol. The van der Waals surface area contributed by atoms with Crippen LogP contribution in [-0.4, -0.2) is 36.2 Å². The standard InChI is InChI=1S/C9H15F2N5O/c1-6-14-8(4-9(15-6)16-12)13-2-3-17-5-7(10)11/h4,7H,2-3,5,12H2,1H3,(H2,13,14,15,16). The third-order valence-corrected chi connectivity index (χ3v) is 1.78. The predicted octanol–water partition coefficient (Wildman–Crippen LogP) is 0.764. The van der Waals surface area contributed by atoms with Gasteiger partial charge in [-0.1, -0.05) is 0 Å². The van der Waals surface area contributed by atoms with Crippen LogP contribution in [0, 0.1) is 6.92 Å². The second-order valence-electron chi connectivity index (χ2n) is 3.22. The molecule has 0 saturated heterocycles. The molecule has 6 nitrogen and oxygen atoms in total. The van der Waals surface area contributed by atoms with Crippen LogP contribution in [-0.2, 0) is 4.74 Å². The van der Waals surface area contributed by atoms with Crippen molar-refractivity contribution in [3.63, 3.8) is 0 Å². The number of nitrogens with one attached hydrogen (secondary N) is 2. The molecule has 0 amide bonds. The van der Waals surface area contributed by atoms with Crippen LogP contribution in [0.3, 0.4) is 0 Å². The summed E-state index contributed by atoms with van der Waals surface area (Å²) in [7, 11) is 0. The monoisotopic (exact) mass is 247 g/mol. The van der Waals surface area contributed by atoms with Crippen LogP contribution in [0.4, 0.5) is 20.4 Å². The third kappa shape index (κ3) is 5.36. The summed E-state index contributed by atoms with van der Waals surface area (Å²) in [6, 6.07) is 1.61. The summed E-state index contributed by atoms with van der Waals surface area (Å²) in [5.41, 5.74) is 2.40. The highest BCUT2D eigenvalue weighted by Crippen LogP contribution is 2.09. The Hall–Kier alpha value is -1.54. The van der Waals surface area contributed by atoms with E-state index < -0.39 is 13.0 Å². The van der Waals surface area contributed by atoms with Crippen molar-refractivity contribution in [2.75, 3.05) is 30.5 Å². The average Bonchev–Trinajstić information content (AvgIpc) is 2.27. The van der Waals surface area contributed by atoms with Crippen LogP contribution in [0.15, 0.2) is 6.07 Å². The Morgan fingerprint density at radius 3 is 2.76 bits per heavy atom. The van der Waals surface area contributed by atoms with Crippen molar-refractivity contribution in [1.82, 2.24) is 9.97 Å². The van der Waals surface area contributed by atoms with E-state index in [-0.39, 0.29) is 6.61 Å². The van der Waals surface area contributed by atoms with Crippen molar-refractivity contribution >= 4 is 11.6 Å². The fourth-order valence-corrected chi connectivity index (χ4v) is 1.16. The predicted molar refractivity (Wildman–Crippen MR) is 59.9 cm³/mol. The zero-order valence-electron chi connectivity index (χ0n) is 9.41. The van der Waals surface area contributed by atoms with E-state index in [0.29, 0.717) is 24.0 Å². The molecule has 0 aromatic carbocycles. The number of aryl methyl sites for hydroxylation is 1. The lowest BCUT2D eigenvalue weighted by Gasteiger charge is -2.08. The molecule has 1 aromatic rings. The topological polar surface area (TPSA) is 85.1 Å². The highest BCUT2D eigenvalue weighted by Gasteiger charge is 2.02. The molecule has 0 bridgehead atoms. The molecule has 0 radical (unpaired) electrons. The zero-order valence-corrected chi connectivity index (χ0v) is 9.41. The number of hydrazine groups is 1. The number of halogens is 2. The van der Waals surface area contributed by atoms with Crippen LogP contribution >= 0.6 is 0 Å². The van der Waals surface area contributed by atoms with E-state index >= 15 is 0 Å². The van der Waals surface area contributed by atoms with Crippen molar-refractivity contribution < 1.29 is 13.5 Å². The first-order chi connectivity index (χ1) is 8.11. The van der Waals surface area contributed by atoms with Gasteiger partial charge in [-0.05, 0) is 6.92 Å². The summed E-state index contributed by atoms with van der Waals surface area (Å²) in [4.78, 5) is 8.10. The molecule has 0 spiro atoms. The maximum absolute atomic E-state index is 11.7. The van der Waals surface area contributed by atoms with Crippen molar-refractivity contribution in [3.05, 3.63) is 11.9 Å². The van der Waals surface area contributed by atoms with E-state index in [2.05, 4.69) is 20.7 Å². The number of ether oxygens (including phenoxy) is 1. The number of anilines is 2. The Kier molecular flexibility index (Phi) is 5.50. The molecule has 1 heterocycles. The molecular formula is C9H15F2N5O. The van der Waals surface area contributed by atoms with E-state index in [1.54, 1.807) is 13.0 Å². The van der Waals surface area contributed by atoms with E-state index in [1.165, 1.54) is 0 Å². The van der Waals surface area contributed by atoms with Crippen LogP contribution in [0.25, 0.3) is 0 Å². The minimum absolute atomic E-state index is 0.179. The van der Waals surface area contributed by atoms with E-state index in [1.807, 2.05) is 0 Å². The Morgan fingerprint density at radius 2 is 2.12 bits per heavy atom. The number of hydrogen-bond acceptors (Lipinski definition) is 6. The number of aromatic nitrogens is 2. The fourth-order valence-electron chi connectivity index (χ4n) is 1.16. The molecular weight excluding hydrogens is 232 g/mol. The lowest BCUT2D eigenvalue weighted by molar-refractivity contribution is 0.0215. The maximum atomic E-state index is 11.7. The molecule has 4 N–H and O–H groups in total. The Labute approximate surface area is 97.5 Å². The highest BCUT2D eigenvalue weighted by atomic mass is 19.3. The van der Waals surface area contributed by atoms with Crippen LogP contribution in [0.2, 0.25) is 0 Å². The molecule has 0 fully saturated rings. The second-order valence-corrected chi connectivity index (χ2v) is 3.22. The van der Waals surface area contributed by atoms with Gasteiger partial charge in [0, 0.05) is 12.6 Å². The molecule has 0 unspecified atom stereocenters. The fraction of sp³-hybridized carbons (Fsp3) is 0.556. The van der Waals surface area contributed by atoms with Gasteiger partial charge in [-0.25, -0.2) is 24.6 Å². The third-order valence-electron chi connectivity index (χ3n) is 1.78. The number of nitrogen functional groups attached to an aromatic ring is 1. The van der Waals surface area contributed by atoms with Crippen LogP contribution < -0.4 is 16.6 Å². The van der Waals surface area contributed by atoms with Gasteiger partial charge in [-0.3, -0.25) is 0 Å². The lowest BCUT2D eigenvalue weighted by atomic mass is 10.5. The first kappa shape index (κ1) is 13.5. The summed E-state index contributed by atoms with van der Waals surface area (Å²) in [5.74, 6) is 6.81. The summed E-state index contributed by atoms with van der Waals surface area (Å²) in [6.45, 7) is 1.73. The van der Waals surface area contributed by atoms with Gasteiger partial charge >= 0.3 is 0 Å². The molecule has 0 saturated carbocycles. The first-order valence-corrected chi connectivity index (χ1v) is 5.04. The van der Waals surface area contributed by atoms with E-state index in [4.69, 9.17) is 10.6 Å². The molecule has 96 valence electrons. The maximum Gasteiger partial charge on any atom is 0.261 e. The SMILES string of the molecule is Cc1nc(NN)cc(NCCOCC(F)F)n1. The lowest BCUT2D eigenvalue weighted by Crippen LogP contribution is -2.15. The molecule has 0 aliphatic heterocycles. The number of alkyl halides is 2. The van der Waals surface area contributed by atoms with E-state index in [9.17, 15) is 8.78 Å². The Balaban J connectivity index is 2.33. The normalized spacial score (nSPS) is 10.6. The van der Waals surface area contributed by atoms with Gasteiger partial charge in [0.05, 0.1) is 6.61 Å². The van der Waals surface area contributed by atoms with Crippen molar-refractivity contribution in [2.24, 2.45) is 5.84 Å². The Bertz CT molecular complexity index is 350. The summed E-state index contributed by atoms with van der Waals surface area (Å²) >= 11 is 0. The molecule has 0 aliphatic carbocycles. The summed E-state index contributed by atoms with van der Waals surface area (Å²) in [5, 5.41) is 2.92. The van der Waals surface area contributed by atoms with E-state index in [0.717, 1.165) is 0 Å². The number of nitrogens with two attached hydrogens (primary N) is 1. The highest BCUT2D eigenvalue weighted by molar-refractivity contribution is 5.46. The summed E-state index contributed by atoms with van der Waals surface area (Å²) in [6.07, 6.45) is -2.44. The van der Waals surface area contributed by atoms with Crippen molar-refractivity contribution in [2.45, 2.75) is 13.3 Å². The largest absolute Gasteiger partial charge is 0.374 e. The molecule has 8 heteroatoms. The number of nitrogens with zero attached hydrogens (tertiary/aromatic N) is 2. The molecule has 0 aliphatic rings. The minimum Gasteiger partial charge on any atom is -0.374 e. The Morgan fingerprint density at radius 1 is 1.41 bits per heavy atom. The first-order valence-electron chi connectivity index (χ1n) is 5.04. The van der Waals surface area contributed by atoms with Gasteiger partial charge in [0.2, 0.25) is 0 Å². The smallest absolute Gasteiger partial charge is 0.261 e. The summed E-state index contributed by atoms with van der Waals surface area (Å²) < 4.78 is 28.2. The molecule has 0 atom stereocenters.